The maximum Gasteiger partial charge on any atom is 0.259 e. The van der Waals surface area contributed by atoms with Crippen LogP contribution in [0.25, 0.3) is 33.1 Å². The molecule has 9 heteroatoms. The molecule has 0 fully saturated rings. The third-order valence-electron chi connectivity index (χ3n) is 5.23. The van der Waals surface area contributed by atoms with Gasteiger partial charge in [0.25, 0.3) is 5.56 Å². The van der Waals surface area contributed by atoms with Crippen LogP contribution in [0, 0.1) is 6.92 Å². The second-order valence-corrected chi connectivity index (χ2v) is 7.14. The Morgan fingerprint density at radius 3 is 2.81 bits per heavy atom. The van der Waals surface area contributed by atoms with Crippen LogP contribution in [0.2, 0.25) is 0 Å². The van der Waals surface area contributed by atoms with E-state index in [1.807, 2.05) is 49.0 Å². The Morgan fingerprint density at radius 2 is 1.97 bits per heavy atom. The zero-order valence-corrected chi connectivity index (χ0v) is 17.2. The molecule has 0 unspecified atom stereocenters. The van der Waals surface area contributed by atoms with Crippen LogP contribution >= 0.6 is 0 Å². The molecule has 154 valence electrons. The normalized spacial score (nSPS) is 11.2. The number of aryl methyl sites for hydroxylation is 2. The van der Waals surface area contributed by atoms with Gasteiger partial charge in [-0.1, -0.05) is 0 Å². The first-order chi connectivity index (χ1) is 15.0. The van der Waals surface area contributed by atoms with Crippen LogP contribution in [0.5, 0.6) is 5.88 Å². The van der Waals surface area contributed by atoms with Crippen molar-refractivity contribution < 1.29 is 4.74 Å². The van der Waals surface area contributed by atoms with Gasteiger partial charge < -0.3 is 15.0 Å². The van der Waals surface area contributed by atoms with E-state index in [1.54, 1.807) is 12.4 Å². The Kier molecular flexibility index (Phi) is 4.36. The summed E-state index contributed by atoms with van der Waals surface area (Å²) in [5.74, 6) is 0.807. The van der Waals surface area contributed by atoms with E-state index in [9.17, 15) is 4.79 Å². The fourth-order valence-electron chi connectivity index (χ4n) is 3.55. The first-order valence-corrected chi connectivity index (χ1v) is 9.63. The molecule has 0 spiro atoms. The van der Waals surface area contributed by atoms with Gasteiger partial charge in [0, 0.05) is 30.0 Å². The smallest absolute Gasteiger partial charge is 0.259 e. The molecular weight excluding hydrogens is 394 g/mol. The van der Waals surface area contributed by atoms with Crippen LogP contribution < -0.4 is 15.6 Å². The number of anilines is 2. The maximum absolute atomic E-state index is 12.6. The van der Waals surface area contributed by atoms with E-state index in [1.165, 1.54) is 13.3 Å². The zero-order valence-electron chi connectivity index (χ0n) is 17.2. The van der Waals surface area contributed by atoms with Crippen molar-refractivity contribution in [2.75, 3.05) is 12.4 Å². The highest BCUT2D eigenvalue weighted by atomic mass is 16.5. The highest BCUT2D eigenvalue weighted by Gasteiger charge is 2.14. The minimum Gasteiger partial charge on any atom is -0.480 e. The molecule has 0 radical (unpaired) electrons. The summed E-state index contributed by atoms with van der Waals surface area (Å²) in [4.78, 5) is 28.6. The van der Waals surface area contributed by atoms with Crippen LogP contribution in [-0.4, -0.2) is 36.8 Å². The number of aromatic amines is 1. The first kappa shape index (κ1) is 18.7. The number of nitrogens with zero attached hydrogens (tertiary/aromatic N) is 5. The van der Waals surface area contributed by atoms with Crippen molar-refractivity contribution in [1.82, 2.24) is 29.7 Å². The third-order valence-corrected chi connectivity index (χ3v) is 5.23. The van der Waals surface area contributed by atoms with Crippen molar-refractivity contribution in [2.45, 2.75) is 6.92 Å². The number of nitrogens with one attached hydrogen (secondary N) is 2. The number of H-pyrrole nitrogens is 1. The van der Waals surface area contributed by atoms with Crippen molar-refractivity contribution >= 4 is 33.2 Å². The number of hydrogen-bond donors (Lipinski definition) is 2. The molecule has 1 aromatic carbocycles. The molecule has 5 rings (SSSR count). The number of benzene rings is 1. The quantitative estimate of drug-likeness (QED) is 0.465. The van der Waals surface area contributed by atoms with E-state index < -0.39 is 0 Å². The van der Waals surface area contributed by atoms with Gasteiger partial charge in [-0.15, -0.1) is 0 Å². The highest BCUT2D eigenvalue weighted by Crippen LogP contribution is 2.29. The molecule has 5 aromatic rings. The second-order valence-electron chi connectivity index (χ2n) is 7.14. The van der Waals surface area contributed by atoms with Gasteiger partial charge >= 0.3 is 0 Å². The minimum absolute atomic E-state index is 0.231. The van der Waals surface area contributed by atoms with Crippen LogP contribution in [0.15, 0.2) is 53.7 Å². The van der Waals surface area contributed by atoms with Gasteiger partial charge in [0.05, 0.1) is 36.1 Å². The van der Waals surface area contributed by atoms with Crippen molar-refractivity contribution in [1.29, 1.82) is 0 Å². The fourth-order valence-corrected chi connectivity index (χ4v) is 3.55. The largest absolute Gasteiger partial charge is 0.480 e. The number of hydrogen-bond acceptors (Lipinski definition) is 7. The summed E-state index contributed by atoms with van der Waals surface area (Å²) in [7, 11) is 3.44. The van der Waals surface area contributed by atoms with Crippen molar-refractivity contribution in [3.8, 4) is 17.3 Å². The molecular formula is C22H19N7O2. The topological polar surface area (TPSA) is 111 Å². The van der Waals surface area contributed by atoms with Crippen LogP contribution in [0.3, 0.4) is 0 Å². The molecule has 0 atom stereocenters. The summed E-state index contributed by atoms with van der Waals surface area (Å²) < 4.78 is 7.02. The maximum atomic E-state index is 12.6. The molecule has 0 aliphatic rings. The van der Waals surface area contributed by atoms with Crippen molar-refractivity contribution in [3.63, 3.8) is 0 Å². The lowest BCUT2D eigenvalue weighted by molar-refractivity contribution is 0.396. The van der Waals surface area contributed by atoms with Gasteiger partial charge in [-0.2, -0.15) is 5.10 Å². The lowest BCUT2D eigenvalue weighted by Crippen LogP contribution is -2.09. The number of methoxy groups -OCH3 is 1. The molecule has 0 saturated carbocycles. The highest BCUT2D eigenvalue weighted by molar-refractivity contribution is 5.95. The Labute approximate surface area is 176 Å². The van der Waals surface area contributed by atoms with Gasteiger partial charge in [0.15, 0.2) is 0 Å². The number of rotatable bonds is 4. The fraction of sp³-hybridized carbons (Fsp3) is 0.136. The van der Waals surface area contributed by atoms with Crippen LogP contribution in [-0.2, 0) is 7.05 Å². The van der Waals surface area contributed by atoms with E-state index in [0.29, 0.717) is 28.5 Å². The summed E-state index contributed by atoms with van der Waals surface area (Å²) in [5, 5.41) is 10.1. The SMILES string of the molecule is COc1cncc(-c2cc3cc[nH]c(=O)c3c(Nc3ccc4c(C)n(C)nc4c3)n2)n1. The van der Waals surface area contributed by atoms with E-state index in [0.717, 1.165) is 27.7 Å². The predicted octanol–water partition coefficient (Wildman–Crippen LogP) is 3.33. The molecule has 0 aliphatic carbocycles. The van der Waals surface area contributed by atoms with Gasteiger partial charge in [-0.3, -0.25) is 14.5 Å². The first-order valence-electron chi connectivity index (χ1n) is 9.63. The molecule has 0 bridgehead atoms. The predicted molar refractivity (Wildman–Crippen MR) is 119 cm³/mol. The molecule has 4 aromatic heterocycles. The number of pyridine rings is 2. The summed E-state index contributed by atoms with van der Waals surface area (Å²) in [5.41, 5.74) is 3.60. The Balaban J connectivity index is 1.67. The lowest BCUT2D eigenvalue weighted by atomic mass is 10.1. The third kappa shape index (κ3) is 3.25. The summed E-state index contributed by atoms with van der Waals surface area (Å²) in [6.45, 7) is 2.02. The van der Waals surface area contributed by atoms with Gasteiger partial charge in [-0.05, 0) is 42.6 Å². The van der Waals surface area contributed by atoms with Crippen LogP contribution in [0.4, 0.5) is 11.5 Å². The Bertz CT molecular complexity index is 1500. The van der Waals surface area contributed by atoms with Crippen molar-refractivity contribution in [3.05, 3.63) is 65.0 Å². The molecule has 0 aliphatic heterocycles. The summed E-state index contributed by atoms with van der Waals surface area (Å²) >= 11 is 0. The molecule has 0 amide bonds. The Morgan fingerprint density at radius 1 is 1.10 bits per heavy atom. The molecule has 4 heterocycles. The average molecular weight is 413 g/mol. The molecule has 2 N–H and O–H groups in total. The average Bonchev–Trinajstić information content (AvgIpc) is 3.06. The second kappa shape index (κ2) is 7.21. The monoisotopic (exact) mass is 413 g/mol. The van der Waals surface area contributed by atoms with E-state index in [4.69, 9.17) is 9.72 Å². The summed E-state index contributed by atoms with van der Waals surface area (Å²) in [6.07, 6.45) is 4.74. The van der Waals surface area contributed by atoms with Gasteiger partial charge in [0.2, 0.25) is 5.88 Å². The lowest BCUT2D eigenvalue weighted by Gasteiger charge is -2.11. The standard InChI is InChI=1S/C22H19N7O2/c1-12-15-5-4-14(9-16(15)28-29(12)2)25-21-20-13(6-7-24-22(20)30)8-17(27-21)18-10-23-11-19(26-18)31-3/h4-11H,1-3H3,(H,24,30)(H,25,27). The zero-order chi connectivity index (χ0) is 21.5. The van der Waals surface area contributed by atoms with Crippen LogP contribution in [0.1, 0.15) is 5.69 Å². The molecule has 31 heavy (non-hydrogen) atoms. The van der Waals surface area contributed by atoms with E-state index in [-0.39, 0.29) is 5.56 Å². The number of ether oxygens (including phenoxy) is 1. The summed E-state index contributed by atoms with van der Waals surface area (Å²) in [6, 6.07) is 9.52. The number of aromatic nitrogens is 6. The molecule has 9 nitrogen and oxygen atoms in total. The van der Waals surface area contributed by atoms with E-state index >= 15 is 0 Å². The van der Waals surface area contributed by atoms with E-state index in [2.05, 4.69) is 25.4 Å². The van der Waals surface area contributed by atoms with Gasteiger partial charge in [-0.25, -0.2) is 9.97 Å². The Hall–Kier alpha value is -4.27. The van der Waals surface area contributed by atoms with Crippen molar-refractivity contribution in [2.24, 2.45) is 7.05 Å². The molecule has 0 saturated heterocycles. The van der Waals surface area contributed by atoms with Gasteiger partial charge in [0.1, 0.15) is 11.5 Å². The minimum atomic E-state index is -0.231. The number of fused-ring (bicyclic) bond motifs is 2.